The van der Waals surface area contributed by atoms with Gasteiger partial charge in [-0.2, -0.15) is 0 Å². The number of carbonyl (C=O) groups is 1. The molecule has 0 bridgehead atoms. The van der Waals surface area contributed by atoms with Gasteiger partial charge in [-0.1, -0.05) is 47.6 Å². The summed E-state index contributed by atoms with van der Waals surface area (Å²) in [5, 5.41) is 48.7. The van der Waals surface area contributed by atoms with E-state index in [4.69, 9.17) is 4.74 Å². The maximum atomic E-state index is 12.1. The van der Waals surface area contributed by atoms with Crippen LogP contribution in [-0.4, -0.2) is 63.6 Å². The quantitative estimate of drug-likeness (QED) is 0.257. The highest BCUT2D eigenvalue weighted by Gasteiger charge is 2.87. The van der Waals surface area contributed by atoms with Gasteiger partial charge < -0.3 is 30.5 Å². The minimum Gasteiger partial charge on any atom is -0.441 e. The summed E-state index contributed by atoms with van der Waals surface area (Å²) < 4.78 is 5.49. The number of aliphatic hydroxyl groups is 4. The van der Waals surface area contributed by atoms with Crippen LogP contribution in [0, 0.1) is 62.6 Å². The van der Waals surface area contributed by atoms with Crippen LogP contribution in [0.1, 0.15) is 100 Å². The smallest absolute Gasteiger partial charge is 0.407 e. The molecule has 14 atom stereocenters. The SMILES string of the molecule is C=CC(CC(C)C1C(O)C(O)C2(C)C3CCC4C(C)(C)C(O)CCC45C(C)C35CCC12C)C(O)C(C)(C)OC(=O)NC. The Morgan fingerprint density at radius 3 is 2.24 bits per heavy atom. The van der Waals surface area contributed by atoms with Crippen LogP contribution in [0.15, 0.2) is 12.7 Å². The van der Waals surface area contributed by atoms with Gasteiger partial charge in [0, 0.05) is 18.4 Å². The molecule has 0 aliphatic heterocycles. The van der Waals surface area contributed by atoms with Gasteiger partial charge in [0.1, 0.15) is 5.60 Å². The molecule has 0 heterocycles. The van der Waals surface area contributed by atoms with Crippen molar-refractivity contribution in [3.05, 3.63) is 12.7 Å². The third kappa shape index (κ3) is 3.75. The number of fused-ring (bicyclic) bond motifs is 2. The highest BCUT2D eigenvalue weighted by atomic mass is 16.6. The second-order valence-electron chi connectivity index (χ2n) is 16.8. The number of nitrogens with one attached hydrogen (secondary N) is 1. The van der Waals surface area contributed by atoms with Crippen LogP contribution >= 0.6 is 0 Å². The molecule has 240 valence electrons. The Hall–Kier alpha value is -1.15. The minimum atomic E-state index is -1.13. The van der Waals surface area contributed by atoms with E-state index in [2.05, 4.69) is 53.4 Å². The summed E-state index contributed by atoms with van der Waals surface area (Å²) in [6.45, 7) is 21.1. The Bertz CT molecular complexity index is 1090. The third-order valence-electron chi connectivity index (χ3n) is 15.2. The van der Waals surface area contributed by atoms with Gasteiger partial charge in [-0.15, -0.1) is 6.58 Å². The van der Waals surface area contributed by atoms with Gasteiger partial charge in [0.05, 0.1) is 24.4 Å². The molecule has 1 amide bonds. The largest absolute Gasteiger partial charge is 0.441 e. The molecule has 5 aliphatic carbocycles. The normalized spacial score (nSPS) is 49.3. The number of carbonyl (C=O) groups excluding carboxylic acids is 1. The average molecular weight is 590 g/mol. The molecule has 5 rings (SSSR count). The molecule has 0 saturated heterocycles. The predicted octanol–water partition coefficient (Wildman–Crippen LogP) is 5.30. The van der Waals surface area contributed by atoms with Crippen molar-refractivity contribution in [1.29, 1.82) is 0 Å². The summed E-state index contributed by atoms with van der Waals surface area (Å²) in [7, 11) is 1.49. The van der Waals surface area contributed by atoms with E-state index in [1.165, 1.54) is 7.05 Å². The number of hydrogen-bond donors (Lipinski definition) is 5. The summed E-state index contributed by atoms with van der Waals surface area (Å²) >= 11 is 0. The van der Waals surface area contributed by atoms with E-state index in [1.807, 2.05) is 0 Å². The van der Waals surface area contributed by atoms with Gasteiger partial charge >= 0.3 is 6.09 Å². The lowest BCUT2D eigenvalue weighted by atomic mass is 9.41. The molecule has 5 N–H and O–H groups in total. The van der Waals surface area contributed by atoms with Crippen LogP contribution in [-0.2, 0) is 4.74 Å². The molecule has 0 radical (unpaired) electrons. The third-order valence-corrected chi connectivity index (χ3v) is 15.2. The highest BCUT2D eigenvalue weighted by molar-refractivity contribution is 5.67. The lowest BCUT2D eigenvalue weighted by Gasteiger charge is -2.63. The van der Waals surface area contributed by atoms with Crippen molar-refractivity contribution >= 4 is 6.09 Å². The highest BCUT2D eigenvalue weighted by Crippen LogP contribution is 2.91. The van der Waals surface area contributed by atoms with E-state index >= 15 is 0 Å². The second kappa shape index (κ2) is 9.92. The molecule has 7 nitrogen and oxygen atoms in total. The van der Waals surface area contributed by atoms with Crippen molar-refractivity contribution in [3.63, 3.8) is 0 Å². The zero-order chi connectivity index (χ0) is 31.4. The van der Waals surface area contributed by atoms with Crippen molar-refractivity contribution in [3.8, 4) is 0 Å². The number of alkyl carbamates (subject to hydrolysis) is 1. The monoisotopic (exact) mass is 589 g/mol. The molecule has 7 heteroatoms. The van der Waals surface area contributed by atoms with Crippen molar-refractivity contribution in [1.82, 2.24) is 5.32 Å². The number of ether oxygens (including phenoxy) is 1. The summed E-state index contributed by atoms with van der Waals surface area (Å²) in [5.41, 5.74) is -1.57. The Morgan fingerprint density at radius 2 is 1.64 bits per heavy atom. The topological polar surface area (TPSA) is 119 Å². The maximum absolute atomic E-state index is 12.1. The molecule has 5 fully saturated rings. The molecular weight excluding hydrogens is 530 g/mol. The minimum absolute atomic E-state index is 0.00494. The van der Waals surface area contributed by atoms with E-state index in [0.29, 0.717) is 24.2 Å². The first-order chi connectivity index (χ1) is 19.4. The van der Waals surface area contributed by atoms with Crippen LogP contribution in [0.2, 0.25) is 0 Å². The van der Waals surface area contributed by atoms with E-state index in [9.17, 15) is 25.2 Å². The Balaban J connectivity index is 1.44. The first-order valence-corrected chi connectivity index (χ1v) is 16.6. The van der Waals surface area contributed by atoms with E-state index in [0.717, 1.165) is 38.5 Å². The zero-order valence-corrected chi connectivity index (χ0v) is 27.6. The number of rotatable bonds is 7. The summed E-state index contributed by atoms with van der Waals surface area (Å²) in [6.07, 6.45) is 4.89. The average Bonchev–Trinajstić information content (AvgIpc) is 3.41. The second-order valence-corrected chi connectivity index (χ2v) is 16.8. The van der Waals surface area contributed by atoms with Crippen molar-refractivity contribution < 1.29 is 30.0 Å². The molecule has 42 heavy (non-hydrogen) atoms. The standard InChI is InChI=1S/C35H59NO6/c1-11-21(27(39)31(6,7)42-29(41)36-10)18-19(2)25-26(38)28(40)33(9)23-13-12-22-30(4,5)24(37)14-15-34(22)20(3)35(23,34)17-16-32(25,33)8/h11,19-28,37-40H,1,12-18H2,2-10H3,(H,36,41). The summed E-state index contributed by atoms with van der Waals surface area (Å²) in [4.78, 5) is 12.0. The number of hydrogen-bond acceptors (Lipinski definition) is 6. The van der Waals surface area contributed by atoms with Gasteiger partial charge in [-0.3, -0.25) is 0 Å². The molecule has 5 aliphatic rings. The van der Waals surface area contributed by atoms with Crippen molar-refractivity contribution in [2.75, 3.05) is 7.05 Å². The Morgan fingerprint density at radius 1 is 1.05 bits per heavy atom. The fourth-order valence-electron chi connectivity index (χ4n) is 13.0. The van der Waals surface area contributed by atoms with Gasteiger partial charge in [0.15, 0.2) is 0 Å². The van der Waals surface area contributed by atoms with Crippen molar-refractivity contribution in [2.45, 2.75) is 130 Å². The number of aliphatic hydroxyl groups excluding tert-OH is 4. The fraction of sp³-hybridized carbons (Fsp3) is 0.914. The molecule has 0 aromatic carbocycles. The van der Waals surface area contributed by atoms with Gasteiger partial charge in [-0.25, -0.2) is 4.79 Å². The molecule has 2 spiro atoms. The van der Waals surface area contributed by atoms with Crippen LogP contribution < -0.4 is 5.32 Å². The van der Waals surface area contributed by atoms with Crippen molar-refractivity contribution in [2.24, 2.45) is 62.6 Å². The number of amides is 1. The molecule has 5 saturated carbocycles. The first-order valence-electron chi connectivity index (χ1n) is 16.6. The maximum Gasteiger partial charge on any atom is 0.407 e. The van der Waals surface area contributed by atoms with Gasteiger partial charge in [-0.05, 0) is 110 Å². The van der Waals surface area contributed by atoms with E-state index in [1.54, 1.807) is 19.9 Å². The van der Waals surface area contributed by atoms with E-state index in [-0.39, 0.29) is 45.5 Å². The van der Waals surface area contributed by atoms with Crippen LogP contribution in [0.25, 0.3) is 0 Å². The molecule has 0 aromatic heterocycles. The molecular formula is C35H59NO6. The van der Waals surface area contributed by atoms with Crippen LogP contribution in [0.5, 0.6) is 0 Å². The van der Waals surface area contributed by atoms with E-state index < -0.39 is 35.4 Å². The molecule has 0 aromatic rings. The fourth-order valence-corrected chi connectivity index (χ4v) is 13.0. The van der Waals surface area contributed by atoms with Crippen LogP contribution in [0.3, 0.4) is 0 Å². The lowest BCUT2D eigenvalue weighted by molar-refractivity contribution is -0.183. The summed E-state index contributed by atoms with van der Waals surface area (Å²) in [6, 6.07) is 0. The Labute approximate surface area is 253 Å². The summed E-state index contributed by atoms with van der Waals surface area (Å²) in [5.74, 6) is 0.867. The predicted molar refractivity (Wildman–Crippen MR) is 163 cm³/mol. The zero-order valence-electron chi connectivity index (χ0n) is 27.6. The van der Waals surface area contributed by atoms with Gasteiger partial charge in [0.2, 0.25) is 0 Å². The van der Waals surface area contributed by atoms with Crippen LogP contribution in [0.4, 0.5) is 4.79 Å². The molecule has 14 unspecified atom stereocenters. The lowest BCUT2D eigenvalue weighted by Crippen LogP contribution is -2.59. The first kappa shape index (κ1) is 32.2. The Kier molecular flexibility index (Phi) is 7.62. The van der Waals surface area contributed by atoms with Gasteiger partial charge in [0.25, 0.3) is 0 Å².